The molecule has 4 heteroatoms. The Labute approximate surface area is 76.8 Å². The fourth-order valence-corrected chi connectivity index (χ4v) is 0.980. The highest BCUT2D eigenvalue weighted by Crippen LogP contribution is 2.14. The van der Waals surface area contributed by atoms with Gasteiger partial charge in [-0.1, -0.05) is 23.3 Å². The standard InChI is InChI=1S/C9H11N3O/c1-2-13-7-8-4-3-5-9(6-8)11-12-10/h3-6H,2,7H2,1H3. The van der Waals surface area contributed by atoms with Crippen LogP contribution in [0.2, 0.25) is 0 Å². The van der Waals surface area contributed by atoms with Gasteiger partial charge < -0.3 is 4.74 Å². The molecule has 0 aliphatic carbocycles. The van der Waals surface area contributed by atoms with Crippen molar-refractivity contribution < 1.29 is 4.74 Å². The van der Waals surface area contributed by atoms with Crippen LogP contribution in [0.15, 0.2) is 29.4 Å². The molecular weight excluding hydrogens is 166 g/mol. The summed E-state index contributed by atoms with van der Waals surface area (Å²) in [4.78, 5) is 2.71. The maximum absolute atomic E-state index is 8.21. The van der Waals surface area contributed by atoms with Crippen LogP contribution in [0.4, 0.5) is 5.69 Å². The lowest BCUT2D eigenvalue weighted by atomic mass is 10.2. The number of rotatable bonds is 4. The van der Waals surface area contributed by atoms with E-state index in [-0.39, 0.29) is 0 Å². The van der Waals surface area contributed by atoms with E-state index in [0.29, 0.717) is 18.9 Å². The highest BCUT2D eigenvalue weighted by molar-refractivity contribution is 5.39. The third-order valence-electron chi connectivity index (χ3n) is 1.54. The number of hydrogen-bond acceptors (Lipinski definition) is 2. The van der Waals surface area contributed by atoms with Crippen molar-refractivity contribution in [1.29, 1.82) is 0 Å². The number of ether oxygens (including phenoxy) is 1. The molecule has 0 amide bonds. The summed E-state index contributed by atoms with van der Waals surface area (Å²) in [5, 5.41) is 3.50. The molecule has 0 saturated carbocycles. The zero-order chi connectivity index (χ0) is 9.52. The van der Waals surface area contributed by atoms with Crippen molar-refractivity contribution in [3.05, 3.63) is 40.3 Å². The van der Waals surface area contributed by atoms with Gasteiger partial charge in [-0.05, 0) is 24.1 Å². The second-order valence-electron chi connectivity index (χ2n) is 2.50. The van der Waals surface area contributed by atoms with Crippen molar-refractivity contribution in [1.82, 2.24) is 0 Å². The first-order valence-corrected chi connectivity index (χ1v) is 4.08. The fourth-order valence-electron chi connectivity index (χ4n) is 0.980. The molecule has 0 aliphatic heterocycles. The van der Waals surface area contributed by atoms with Gasteiger partial charge in [0.05, 0.1) is 6.61 Å². The van der Waals surface area contributed by atoms with Gasteiger partial charge in [-0.2, -0.15) is 0 Å². The van der Waals surface area contributed by atoms with E-state index in [1.165, 1.54) is 0 Å². The van der Waals surface area contributed by atoms with E-state index in [9.17, 15) is 0 Å². The van der Waals surface area contributed by atoms with Crippen molar-refractivity contribution in [3.8, 4) is 0 Å². The normalized spacial score (nSPS) is 9.31. The lowest BCUT2D eigenvalue weighted by molar-refractivity contribution is 0.134. The van der Waals surface area contributed by atoms with Crippen LogP contribution < -0.4 is 0 Å². The van der Waals surface area contributed by atoms with Crippen LogP contribution in [0.1, 0.15) is 12.5 Å². The summed E-state index contributed by atoms with van der Waals surface area (Å²) in [7, 11) is 0. The Morgan fingerprint density at radius 3 is 3.08 bits per heavy atom. The minimum atomic E-state index is 0.561. The van der Waals surface area contributed by atoms with Crippen molar-refractivity contribution in [3.63, 3.8) is 0 Å². The lowest BCUT2D eigenvalue weighted by Crippen LogP contribution is -1.90. The minimum absolute atomic E-state index is 0.561. The second kappa shape index (κ2) is 5.19. The van der Waals surface area contributed by atoms with Crippen molar-refractivity contribution in [2.45, 2.75) is 13.5 Å². The molecule has 0 bridgehead atoms. The summed E-state index contributed by atoms with van der Waals surface area (Å²) >= 11 is 0. The molecule has 0 spiro atoms. The minimum Gasteiger partial charge on any atom is -0.377 e. The molecule has 0 N–H and O–H groups in total. The lowest BCUT2D eigenvalue weighted by Gasteiger charge is -2.01. The van der Waals surface area contributed by atoms with Crippen LogP contribution >= 0.6 is 0 Å². The van der Waals surface area contributed by atoms with Crippen LogP contribution in [0.5, 0.6) is 0 Å². The molecule has 1 aromatic carbocycles. The van der Waals surface area contributed by atoms with Gasteiger partial charge in [0.25, 0.3) is 0 Å². The van der Waals surface area contributed by atoms with Gasteiger partial charge in [0, 0.05) is 17.2 Å². The van der Waals surface area contributed by atoms with Gasteiger partial charge in [-0.25, -0.2) is 0 Å². The highest BCUT2D eigenvalue weighted by atomic mass is 16.5. The average molecular weight is 177 g/mol. The number of hydrogen-bond donors (Lipinski definition) is 0. The number of benzene rings is 1. The summed E-state index contributed by atoms with van der Waals surface area (Å²) in [5.74, 6) is 0. The fraction of sp³-hybridized carbons (Fsp3) is 0.333. The quantitative estimate of drug-likeness (QED) is 0.396. The second-order valence-corrected chi connectivity index (χ2v) is 2.50. The number of azide groups is 1. The topological polar surface area (TPSA) is 58.0 Å². The molecule has 13 heavy (non-hydrogen) atoms. The van der Waals surface area contributed by atoms with Gasteiger partial charge in [0.15, 0.2) is 0 Å². The molecule has 1 rings (SSSR count). The van der Waals surface area contributed by atoms with E-state index in [2.05, 4.69) is 10.0 Å². The predicted octanol–water partition coefficient (Wildman–Crippen LogP) is 3.16. The SMILES string of the molecule is CCOCc1cccc(N=[N+]=[N-])c1. The van der Waals surface area contributed by atoms with Crippen molar-refractivity contribution >= 4 is 5.69 Å². The molecule has 68 valence electrons. The maximum Gasteiger partial charge on any atom is 0.0716 e. The van der Waals surface area contributed by atoms with E-state index in [4.69, 9.17) is 10.3 Å². The van der Waals surface area contributed by atoms with Crippen molar-refractivity contribution in [2.24, 2.45) is 5.11 Å². The van der Waals surface area contributed by atoms with E-state index in [1.54, 1.807) is 6.07 Å². The van der Waals surface area contributed by atoms with E-state index in [0.717, 1.165) is 5.56 Å². The Morgan fingerprint density at radius 2 is 2.38 bits per heavy atom. The molecule has 0 radical (unpaired) electrons. The van der Waals surface area contributed by atoms with Crippen LogP contribution in [0.3, 0.4) is 0 Å². The van der Waals surface area contributed by atoms with Crippen LogP contribution in [-0.4, -0.2) is 6.61 Å². The molecule has 0 unspecified atom stereocenters. The molecular formula is C9H11N3O. The third kappa shape index (κ3) is 3.15. The summed E-state index contributed by atoms with van der Waals surface area (Å²) in [6.45, 7) is 3.19. The zero-order valence-corrected chi connectivity index (χ0v) is 7.47. The smallest absolute Gasteiger partial charge is 0.0716 e. The van der Waals surface area contributed by atoms with Crippen LogP contribution in [0, 0.1) is 0 Å². The molecule has 0 atom stereocenters. The average Bonchev–Trinajstić information content (AvgIpc) is 2.16. The first-order chi connectivity index (χ1) is 6.36. The van der Waals surface area contributed by atoms with Gasteiger partial charge in [0.2, 0.25) is 0 Å². The first-order valence-electron chi connectivity index (χ1n) is 4.08. The van der Waals surface area contributed by atoms with Crippen molar-refractivity contribution in [2.75, 3.05) is 6.61 Å². The number of nitrogens with zero attached hydrogens (tertiary/aromatic N) is 3. The summed E-state index contributed by atoms with van der Waals surface area (Å²) in [5.41, 5.74) is 9.86. The molecule has 0 saturated heterocycles. The molecule has 0 heterocycles. The van der Waals surface area contributed by atoms with Crippen LogP contribution in [0.25, 0.3) is 10.4 Å². The Bertz CT molecular complexity index is 318. The molecule has 4 nitrogen and oxygen atoms in total. The van der Waals surface area contributed by atoms with Crippen LogP contribution in [-0.2, 0) is 11.3 Å². The predicted molar refractivity (Wildman–Crippen MR) is 50.6 cm³/mol. The van der Waals surface area contributed by atoms with Gasteiger partial charge in [0.1, 0.15) is 0 Å². The van der Waals surface area contributed by atoms with E-state index < -0.39 is 0 Å². The van der Waals surface area contributed by atoms with Gasteiger partial charge in [-0.15, -0.1) is 0 Å². The van der Waals surface area contributed by atoms with E-state index >= 15 is 0 Å². The Hall–Kier alpha value is -1.51. The molecule has 0 fully saturated rings. The third-order valence-corrected chi connectivity index (χ3v) is 1.54. The summed E-state index contributed by atoms with van der Waals surface area (Å²) in [6.07, 6.45) is 0. The zero-order valence-electron chi connectivity index (χ0n) is 7.47. The summed E-state index contributed by atoms with van der Waals surface area (Å²) in [6, 6.07) is 7.36. The Kier molecular flexibility index (Phi) is 3.82. The molecule has 1 aromatic rings. The van der Waals surface area contributed by atoms with E-state index in [1.807, 2.05) is 25.1 Å². The summed E-state index contributed by atoms with van der Waals surface area (Å²) < 4.78 is 5.22. The van der Waals surface area contributed by atoms with Gasteiger partial charge in [-0.3, -0.25) is 0 Å². The first kappa shape index (κ1) is 9.58. The largest absolute Gasteiger partial charge is 0.377 e. The molecule has 0 aromatic heterocycles. The Balaban J connectivity index is 2.73. The maximum atomic E-state index is 8.21. The van der Waals surface area contributed by atoms with Gasteiger partial charge >= 0.3 is 0 Å². The molecule has 0 aliphatic rings. The highest BCUT2D eigenvalue weighted by Gasteiger charge is 1.93. The monoisotopic (exact) mass is 177 g/mol. The Morgan fingerprint density at radius 1 is 1.54 bits per heavy atom.